The van der Waals surface area contributed by atoms with Gasteiger partial charge in [0.25, 0.3) is 5.56 Å². The lowest BCUT2D eigenvalue weighted by atomic mass is 9.76. The molecule has 0 amide bonds. The van der Waals surface area contributed by atoms with Gasteiger partial charge < -0.3 is 4.98 Å². The number of aromatic nitrogens is 4. The highest BCUT2D eigenvalue weighted by atomic mass is 16.2. The first-order valence-corrected chi connectivity index (χ1v) is 6.38. The minimum atomic E-state index is -0.533. The number of nitrogens with zero attached hydrogens (tertiary/aromatic N) is 2. The number of allylic oxidation sites excluding steroid dienone is 1. The van der Waals surface area contributed by atoms with E-state index in [1.165, 1.54) is 11.8 Å². The minimum absolute atomic E-state index is 0.316. The summed E-state index contributed by atoms with van der Waals surface area (Å²) >= 11 is 0. The van der Waals surface area contributed by atoms with Crippen molar-refractivity contribution in [3.63, 3.8) is 0 Å². The van der Waals surface area contributed by atoms with Gasteiger partial charge in [-0.05, 0) is 37.3 Å². The van der Waals surface area contributed by atoms with Crippen LogP contribution in [0.15, 0.2) is 34.0 Å². The van der Waals surface area contributed by atoms with Gasteiger partial charge in [-0.25, -0.2) is 4.79 Å². The van der Waals surface area contributed by atoms with Crippen LogP contribution in [0.25, 0.3) is 11.3 Å². The Kier molecular flexibility index (Phi) is 2.85. The van der Waals surface area contributed by atoms with Crippen LogP contribution in [0.3, 0.4) is 0 Å². The third-order valence-electron chi connectivity index (χ3n) is 3.62. The maximum atomic E-state index is 11.8. The Labute approximate surface area is 114 Å². The molecule has 6 nitrogen and oxygen atoms in total. The summed E-state index contributed by atoms with van der Waals surface area (Å²) in [5, 5.41) is 8.17. The Morgan fingerprint density at radius 3 is 2.70 bits per heavy atom. The van der Waals surface area contributed by atoms with Gasteiger partial charge in [0.05, 0.1) is 11.3 Å². The predicted octanol–water partition coefficient (Wildman–Crippen LogP) is 1.26. The second-order valence-electron chi connectivity index (χ2n) is 5.11. The summed E-state index contributed by atoms with van der Waals surface area (Å²) < 4.78 is 0. The van der Waals surface area contributed by atoms with Gasteiger partial charge in [-0.15, -0.1) is 5.10 Å². The van der Waals surface area contributed by atoms with Crippen LogP contribution < -0.4 is 11.2 Å². The van der Waals surface area contributed by atoms with Crippen LogP contribution in [0.2, 0.25) is 0 Å². The molecule has 0 radical (unpaired) electrons. The number of hydrogen-bond acceptors (Lipinski definition) is 4. The van der Waals surface area contributed by atoms with Crippen LogP contribution in [-0.4, -0.2) is 20.2 Å². The second-order valence-corrected chi connectivity index (χ2v) is 5.11. The van der Waals surface area contributed by atoms with E-state index in [1.807, 2.05) is 13.0 Å². The first kappa shape index (κ1) is 12.5. The van der Waals surface area contributed by atoms with E-state index < -0.39 is 11.2 Å². The molecule has 3 rings (SSSR count). The second kappa shape index (κ2) is 4.56. The van der Waals surface area contributed by atoms with Crippen LogP contribution in [-0.2, 0) is 0 Å². The Bertz CT molecular complexity index is 795. The van der Waals surface area contributed by atoms with Crippen molar-refractivity contribution in [2.45, 2.75) is 25.7 Å². The molecule has 0 saturated heterocycles. The average Bonchev–Trinajstić information content (AvgIpc) is 2.37. The Morgan fingerprint density at radius 1 is 1.30 bits per heavy atom. The van der Waals surface area contributed by atoms with Gasteiger partial charge >= 0.3 is 5.69 Å². The molecule has 2 aromatic rings. The number of hydrogen-bond donors (Lipinski definition) is 2. The van der Waals surface area contributed by atoms with Gasteiger partial charge in [-0.1, -0.05) is 12.2 Å². The predicted molar refractivity (Wildman–Crippen MR) is 74.6 cm³/mol. The molecule has 0 bridgehead atoms. The molecule has 2 heterocycles. The van der Waals surface area contributed by atoms with E-state index in [-0.39, 0.29) is 0 Å². The van der Waals surface area contributed by atoms with Crippen molar-refractivity contribution in [1.29, 1.82) is 0 Å². The summed E-state index contributed by atoms with van der Waals surface area (Å²) in [6, 6.07) is 1.88. The molecule has 1 aliphatic rings. The third-order valence-corrected chi connectivity index (χ3v) is 3.62. The van der Waals surface area contributed by atoms with Gasteiger partial charge in [0.2, 0.25) is 0 Å². The lowest BCUT2D eigenvalue weighted by Gasteiger charge is -2.29. The van der Waals surface area contributed by atoms with Gasteiger partial charge in [-0.2, -0.15) is 5.10 Å². The Balaban J connectivity index is 2.06. The van der Waals surface area contributed by atoms with Crippen molar-refractivity contribution in [1.82, 2.24) is 20.2 Å². The summed E-state index contributed by atoms with van der Waals surface area (Å²) in [4.78, 5) is 27.5. The SMILES string of the molecule is C=C1CC(c2cc(-c3c[nH]c(=O)[nH]c3=O)nnc2C)C1. The average molecular weight is 270 g/mol. The number of aryl methyl sites for hydroxylation is 1. The molecular formula is C14H14N4O2. The zero-order valence-corrected chi connectivity index (χ0v) is 11.1. The lowest BCUT2D eigenvalue weighted by molar-refractivity contribution is 0.546. The highest BCUT2D eigenvalue weighted by Crippen LogP contribution is 2.41. The van der Waals surface area contributed by atoms with Crippen molar-refractivity contribution in [3.8, 4) is 11.3 Å². The van der Waals surface area contributed by atoms with E-state index in [1.54, 1.807) is 0 Å². The van der Waals surface area contributed by atoms with E-state index in [9.17, 15) is 9.59 Å². The highest BCUT2D eigenvalue weighted by Gasteiger charge is 2.26. The molecule has 0 aliphatic heterocycles. The molecule has 0 unspecified atom stereocenters. The number of rotatable bonds is 2. The minimum Gasteiger partial charge on any atom is -0.313 e. The lowest BCUT2D eigenvalue weighted by Crippen LogP contribution is -2.23. The summed E-state index contributed by atoms with van der Waals surface area (Å²) in [6.45, 7) is 5.85. The molecule has 0 spiro atoms. The first-order chi connectivity index (χ1) is 9.54. The topological polar surface area (TPSA) is 91.5 Å². The molecule has 102 valence electrons. The molecule has 20 heavy (non-hydrogen) atoms. The van der Waals surface area contributed by atoms with Gasteiger partial charge in [0.15, 0.2) is 0 Å². The van der Waals surface area contributed by atoms with Crippen LogP contribution in [0.5, 0.6) is 0 Å². The fourth-order valence-electron chi connectivity index (χ4n) is 2.47. The number of aromatic amines is 2. The van der Waals surface area contributed by atoms with Crippen molar-refractivity contribution >= 4 is 0 Å². The Morgan fingerprint density at radius 2 is 2.05 bits per heavy atom. The largest absolute Gasteiger partial charge is 0.325 e. The molecule has 1 saturated carbocycles. The van der Waals surface area contributed by atoms with E-state index >= 15 is 0 Å². The zero-order chi connectivity index (χ0) is 14.3. The van der Waals surface area contributed by atoms with E-state index in [0.717, 1.165) is 24.1 Å². The van der Waals surface area contributed by atoms with Gasteiger partial charge in [0.1, 0.15) is 5.69 Å². The molecular weight excluding hydrogens is 256 g/mol. The van der Waals surface area contributed by atoms with Crippen LogP contribution >= 0.6 is 0 Å². The van der Waals surface area contributed by atoms with Crippen molar-refractivity contribution in [2.75, 3.05) is 0 Å². The summed E-state index contributed by atoms with van der Waals surface area (Å²) in [6.07, 6.45) is 3.27. The first-order valence-electron chi connectivity index (χ1n) is 6.38. The number of nitrogens with one attached hydrogen (secondary N) is 2. The zero-order valence-electron chi connectivity index (χ0n) is 11.1. The maximum absolute atomic E-state index is 11.8. The summed E-state index contributed by atoms with van der Waals surface area (Å²) in [7, 11) is 0. The van der Waals surface area contributed by atoms with E-state index in [0.29, 0.717) is 17.2 Å². The third kappa shape index (κ3) is 2.09. The van der Waals surface area contributed by atoms with Crippen LogP contribution in [0, 0.1) is 6.92 Å². The summed E-state index contributed by atoms with van der Waals surface area (Å²) in [5.74, 6) is 0.401. The number of H-pyrrole nitrogens is 2. The fraction of sp³-hybridized carbons (Fsp3) is 0.286. The molecule has 2 aromatic heterocycles. The molecule has 0 aromatic carbocycles. The van der Waals surface area contributed by atoms with E-state index in [2.05, 4.69) is 26.7 Å². The maximum Gasteiger partial charge on any atom is 0.325 e. The van der Waals surface area contributed by atoms with Crippen LogP contribution in [0.4, 0.5) is 0 Å². The summed E-state index contributed by atoms with van der Waals surface area (Å²) in [5.41, 5.74) is 2.98. The van der Waals surface area contributed by atoms with Crippen molar-refractivity contribution in [3.05, 3.63) is 56.5 Å². The monoisotopic (exact) mass is 270 g/mol. The molecule has 2 N–H and O–H groups in total. The molecule has 0 atom stereocenters. The Hall–Kier alpha value is -2.50. The standard InChI is InChI=1S/C14H14N4O2/c1-7-3-9(4-7)10-5-12(18-17-8(10)2)11-6-15-14(20)16-13(11)19/h5-6,9H,1,3-4H2,2H3,(H2,15,16,19,20). The molecule has 1 aliphatic carbocycles. The normalized spacial score (nSPS) is 15.2. The molecule has 6 heteroatoms. The van der Waals surface area contributed by atoms with E-state index in [4.69, 9.17) is 0 Å². The van der Waals surface area contributed by atoms with Crippen molar-refractivity contribution in [2.24, 2.45) is 0 Å². The quantitative estimate of drug-likeness (QED) is 0.804. The smallest absolute Gasteiger partial charge is 0.313 e. The highest BCUT2D eigenvalue weighted by molar-refractivity contribution is 5.57. The molecule has 1 fully saturated rings. The van der Waals surface area contributed by atoms with Crippen molar-refractivity contribution < 1.29 is 0 Å². The van der Waals surface area contributed by atoms with Crippen LogP contribution in [0.1, 0.15) is 30.0 Å². The van der Waals surface area contributed by atoms with Gasteiger partial charge in [-0.3, -0.25) is 9.78 Å². The fourth-order valence-corrected chi connectivity index (χ4v) is 2.47. The van der Waals surface area contributed by atoms with Gasteiger partial charge in [0, 0.05) is 6.20 Å².